The number of nitrogens with one attached hydrogen (secondary N) is 1. The third-order valence-corrected chi connectivity index (χ3v) is 3.73. The zero-order valence-electron chi connectivity index (χ0n) is 9.53. The van der Waals surface area contributed by atoms with Crippen molar-refractivity contribution in [2.24, 2.45) is 5.73 Å². The normalized spacial score (nSPS) is 12.1. The second kappa shape index (κ2) is 6.66. The van der Waals surface area contributed by atoms with E-state index < -0.39 is 16.6 Å². The second-order valence-corrected chi connectivity index (χ2v) is 5.69. The Balaban J connectivity index is 2.74. The average Bonchev–Trinajstić information content (AvgIpc) is 2.28. The van der Waals surface area contributed by atoms with Gasteiger partial charge < -0.3 is 11.1 Å². The lowest BCUT2D eigenvalue weighted by Gasteiger charge is -2.11. The van der Waals surface area contributed by atoms with Crippen LogP contribution in [0.5, 0.6) is 0 Å². The predicted molar refractivity (Wildman–Crippen MR) is 74.3 cm³/mol. The molecule has 0 heterocycles. The first kappa shape index (κ1) is 14.1. The Bertz CT molecular complexity index is 437. The van der Waals surface area contributed by atoms with Gasteiger partial charge in [-0.3, -0.25) is 4.21 Å². The molecule has 1 unspecified atom stereocenters. The number of hydrogen-bond acceptors (Lipinski definition) is 3. The van der Waals surface area contributed by atoms with Gasteiger partial charge in [-0.25, -0.2) is 4.39 Å². The predicted octanol–water partition coefficient (Wildman–Crippen LogP) is 1.64. The van der Waals surface area contributed by atoms with Gasteiger partial charge in [-0.15, -0.1) is 0 Å². The second-order valence-electron chi connectivity index (χ2n) is 3.39. The van der Waals surface area contributed by atoms with Gasteiger partial charge >= 0.3 is 0 Å². The highest BCUT2D eigenvalue weighted by atomic mass is 32.2. The van der Waals surface area contributed by atoms with Gasteiger partial charge in [0, 0.05) is 34.5 Å². The summed E-state index contributed by atoms with van der Waals surface area (Å²) in [5.74, 6) is 0.690. The van der Waals surface area contributed by atoms with E-state index in [1.165, 1.54) is 6.07 Å². The maximum Gasteiger partial charge on any atom is 0.135 e. The minimum absolute atomic E-state index is 0.0159. The van der Waals surface area contributed by atoms with Gasteiger partial charge in [0.1, 0.15) is 10.8 Å². The Kier molecular flexibility index (Phi) is 5.50. The molecule has 6 heteroatoms. The van der Waals surface area contributed by atoms with E-state index in [1.807, 2.05) is 6.92 Å². The summed E-state index contributed by atoms with van der Waals surface area (Å²) in [4.78, 5) is 0.0159. The molecule has 3 nitrogen and oxygen atoms in total. The van der Waals surface area contributed by atoms with E-state index in [0.717, 1.165) is 0 Å². The molecule has 1 aromatic rings. The molecule has 0 aliphatic rings. The molecule has 0 aliphatic carbocycles. The van der Waals surface area contributed by atoms with Crippen molar-refractivity contribution in [3.05, 3.63) is 29.6 Å². The van der Waals surface area contributed by atoms with Crippen molar-refractivity contribution in [3.63, 3.8) is 0 Å². The Morgan fingerprint density at radius 3 is 2.88 bits per heavy atom. The number of benzene rings is 1. The zero-order chi connectivity index (χ0) is 12.8. The molecule has 94 valence electrons. The van der Waals surface area contributed by atoms with Crippen LogP contribution in [-0.2, 0) is 10.8 Å². The highest BCUT2D eigenvalue weighted by molar-refractivity contribution is 7.84. The molecular formula is C11H15FN2OS2. The summed E-state index contributed by atoms with van der Waals surface area (Å²) in [7, 11) is -0.844. The molecule has 0 spiro atoms. The van der Waals surface area contributed by atoms with E-state index in [2.05, 4.69) is 5.32 Å². The van der Waals surface area contributed by atoms with Crippen LogP contribution in [0.1, 0.15) is 12.5 Å². The lowest BCUT2D eigenvalue weighted by Crippen LogP contribution is -2.18. The molecule has 0 radical (unpaired) electrons. The molecule has 17 heavy (non-hydrogen) atoms. The van der Waals surface area contributed by atoms with E-state index in [1.54, 1.807) is 12.1 Å². The van der Waals surface area contributed by atoms with Gasteiger partial charge in [0.15, 0.2) is 0 Å². The van der Waals surface area contributed by atoms with Crippen molar-refractivity contribution in [1.29, 1.82) is 0 Å². The summed E-state index contributed by atoms with van der Waals surface area (Å²) in [6.07, 6.45) is 0. The fourth-order valence-corrected chi connectivity index (χ4v) is 2.19. The van der Waals surface area contributed by atoms with Crippen molar-refractivity contribution in [3.8, 4) is 0 Å². The number of thiocarbonyl (C=S) groups is 1. The van der Waals surface area contributed by atoms with Gasteiger partial charge in [0.2, 0.25) is 0 Å². The largest absolute Gasteiger partial charge is 0.389 e. The van der Waals surface area contributed by atoms with E-state index in [0.29, 0.717) is 23.7 Å². The van der Waals surface area contributed by atoms with Crippen molar-refractivity contribution in [2.75, 3.05) is 23.4 Å². The standard InChI is InChI=1S/C11H15FN2OS2/c1-2-17(15)7-6-14-9-5-3-4-8(12)10(9)11(13)16/h3-5,14H,2,6-7H2,1H3,(H2,13,16). The van der Waals surface area contributed by atoms with Gasteiger partial charge in [-0.2, -0.15) is 0 Å². The fraction of sp³-hybridized carbons (Fsp3) is 0.364. The van der Waals surface area contributed by atoms with Gasteiger partial charge in [0.05, 0.1) is 5.56 Å². The van der Waals surface area contributed by atoms with Crippen LogP contribution in [0.15, 0.2) is 18.2 Å². The SMILES string of the molecule is CCS(=O)CCNc1cccc(F)c1C(N)=S. The third kappa shape index (κ3) is 4.05. The molecule has 0 amide bonds. The summed E-state index contributed by atoms with van der Waals surface area (Å²) >= 11 is 4.80. The monoisotopic (exact) mass is 274 g/mol. The molecule has 1 rings (SSSR count). The van der Waals surface area contributed by atoms with Gasteiger partial charge in [-0.1, -0.05) is 25.2 Å². The number of anilines is 1. The van der Waals surface area contributed by atoms with Crippen molar-refractivity contribution < 1.29 is 8.60 Å². The van der Waals surface area contributed by atoms with Crippen LogP contribution >= 0.6 is 12.2 Å². The number of hydrogen-bond donors (Lipinski definition) is 2. The van der Waals surface area contributed by atoms with Crippen LogP contribution in [0.25, 0.3) is 0 Å². The minimum atomic E-state index is -0.844. The Labute approximate surface area is 108 Å². The summed E-state index contributed by atoms with van der Waals surface area (Å²) in [6, 6.07) is 4.59. The topological polar surface area (TPSA) is 55.1 Å². The van der Waals surface area contributed by atoms with Gasteiger partial charge in [0.25, 0.3) is 0 Å². The van der Waals surface area contributed by atoms with Crippen molar-refractivity contribution >= 4 is 33.7 Å². The summed E-state index contributed by atoms with van der Waals surface area (Å²) in [5, 5.41) is 3.00. The molecule has 0 bridgehead atoms. The molecule has 3 N–H and O–H groups in total. The third-order valence-electron chi connectivity index (χ3n) is 2.23. The van der Waals surface area contributed by atoms with E-state index >= 15 is 0 Å². The maximum absolute atomic E-state index is 13.5. The van der Waals surface area contributed by atoms with Crippen LogP contribution in [0.3, 0.4) is 0 Å². The maximum atomic E-state index is 13.5. The molecule has 0 aromatic heterocycles. The number of rotatable bonds is 6. The number of nitrogens with two attached hydrogens (primary N) is 1. The van der Waals surface area contributed by atoms with Gasteiger partial charge in [-0.05, 0) is 12.1 Å². The molecule has 0 saturated heterocycles. The zero-order valence-corrected chi connectivity index (χ0v) is 11.2. The molecule has 1 aromatic carbocycles. The first-order chi connectivity index (χ1) is 8.06. The van der Waals surface area contributed by atoms with Crippen LogP contribution < -0.4 is 11.1 Å². The molecule has 1 atom stereocenters. The quantitative estimate of drug-likeness (QED) is 0.774. The Hall–Kier alpha value is -1.01. The highest BCUT2D eigenvalue weighted by Gasteiger charge is 2.10. The first-order valence-electron chi connectivity index (χ1n) is 5.23. The Morgan fingerprint density at radius 2 is 2.29 bits per heavy atom. The molecule has 0 saturated carbocycles. The highest BCUT2D eigenvalue weighted by Crippen LogP contribution is 2.18. The first-order valence-corrected chi connectivity index (χ1v) is 7.13. The number of halogens is 1. The van der Waals surface area contributed by atoms with Crippen molar-refractivity contribution in [1.82, 2.24) is 0 Å². The molecule has 0 fully saturated rings. The molecule has 0 aliphatic heterocycles. The van der Waals surface area contributed by atoms with E-state index in [9.17, 15) is 8.60 Å². The van der Waals surface area contributed by atoms with Crippen LogP contribution in [0.4, 0.5) is 10.1 Å². The summed E-state index contributed by atoms with van der Waals surface area (Å²) in [5.41, 5.74) is 6.22. The Morgan fingerprint density at radius 1 is 1.59 bits per heavy atom. The molecular weight excluding hydrogens is 259 g/mol. The summed E-state index contributed by atoms with van der Waals surface area (Å²) in [6.45, 7) is 2.36. The average molecular weight is 274 g/mol. The fourth-order valence-electron chi connectivity index (χ4n) is 1.37. The minimum Gasteiger partial charge on any atom is -0.389 e. The smallest absolute Gasteiger partial charge is 0.135 e. The van der Waals surface area contributed by atoms with E-state index in [-0.39, 0.29) is 10.6 Å². The van der Waals surface area contributed by atoms with Crippen LogP contribution in [0, 0.1) is 5.82 Å². The van der Waals surface area contributed by atoms with Crippen molar-refractivity contribution in [2.45, 2.75) is 6.92 Å². The summed E-state index contributed by atoms with van der Waals surface area (Å²) < 4.78 is 24.7. The lowest BCUT2D eigenvalue weighted by atomic mass is 10.1. The van der Waals surface area contributed by atoms with Crippen LogP contribution in [0.2, 0.25) is 0 Å². The van der Waals surface area contributed by atoms with E-state index in [4.69, 9.17) is 18.0 Å². The van der Waals surface area contributed by atoms with Crippen LogP contribution in [-0.4, -0.2) is 27.2 Å². The lowest BCUT2D eigenvalue weighted by molar-refractivity contribution is 0.626.